The number of hydrogen-bond donors (Lipinski definition) is 3. The second-order valence-electron chi connectivity index (χ2n) is 8.76. The van der Waals surface area contributed by atoms with Crippen LogP contribution in [0.5, 0.6) is 11.6 Å². The molecule has 1 saturated heterocycles. The normalized spacial score (nSPS) is 13.6. The number of aromatic nitrogens is 4. The van der Waals surface area contributed by atoms with Crippen molar-refractivity contribution in [2.45, 2.75) is 6.92 Å². The van der Waals surface area contributed by atoms with Gasteiger partial charge in [0.1, 0.15) is 17.7 Å². The molecule has 0 radical (unpaired) electrons. The second kappa shape index (κ2) is 9.78. The number of anilines is 3. The zero-order valence-corrected chi connectivity index (χ0v) is 20.3. The minimum absolute atomic E-state index is 0.0440. The zero-order valence-electron chi connectivity index (χ0n) is 20.3. The molecule has 11 heteroatoms. The highest BCUT2D eigenvalue weighted by molar-refractivity contribution is 6.01. The molecule has 1 aromatic carbocycles. The number of carbonyl (C=O) groups is 1. The second-order valence-corrected chi connectivity index (χ2v) is 8.76. The Kier molecular flexibility index (Phi) is 6.38. The number of carbonyl (C=O) groups excluding carboxylic acids is 1. The van der Waals surface area contributed by atoms with Gasteiger partial charge in [-0.2, -0.15) is 0 Å². The third-order valence-electron chi connectivity index (χ3n) is 5.95. The van der Waals surface area contributed by atoms with Crippen LogP contribution in [0.15, 0.2) is 42.9 Å². The molecule has 1 amide bonds. The Labute approximate surface area is 207 Å². The quantitative estimate of drug-likeness (QED) is 0.377. The van der Waals surface area contributed by atoms with Crippen molar-refractivity contribution in [2.24, 2.45) is 0 Å². The Morgan fingerprint density at radius 1 is 1.14 bits per heavy atom. The summed E-state index contributed by atoms with van der Waals surface area (Å²) in [5, 5.41) is 6.82. The third kappa shape index (κ3) is 4.65. The fourth-order valence-corrected chi connectivity index (χ4v) is 4.12. The molecule has 186 valence electrons. The number of pyridine rings is 1. The number of nitrogens with zero attached hydrogens (tertiary/aromatic N) is 5. The summed E-state index contributed by atoms with van der Waals surface area (Å²) in [7, 11) is 3.22. The number of benzene rings is 1. The molecule has 1 fully saturated rings. The number of aromatic amines is 1. The smallest absolute Gasteiger partial charge is 0.262 e. The third-order valence-corrected chi connectivity index (χ3v) is 5.95. The van der Waals surface area contributed by atoms with Gasteiger partial charge in [-0.05, 0) is 37.3 Å². The van der Waals surface area contributed by atoms with Crippen molar-refractivity contribution < 1.29 is 13.9 Å². The summed E-state index contributed by atoms with van der Waals surface area (Å²) in [6, 6.07) is 8.72. The minimum Gasteiger partial charge on any atom is -0.435 e. The van der Waals surface area contributed by atoms with Gasteiger partial charge in [0.05, 0.1) is 11.9 Å². The van der Waals surface area contributed by atoms with Gasteiger partial charge < -0.3 is 30.2 Å². The van der Waals surface area contributed by atoms with Crippen LogP contribution in [0.1, 0.15) is 16.1 Å². The van der Waals surface area contributed by atoms with Crippen LogP contribution in [-0.2, 0) is 0 Å². The molecule has 4 aromatic rings. The largest absolute Gasteiger partial charge is 0.435 e. The lowest BCUT2D eigenvalue weighted by Crippen LogP contribution is -2.43. The molecular formula is C25H27FN8O2. The lowest BCUT2D eigenvalue weighted by Gasteiger charge is -2.29. The van der Waals surface area contributed by atoms with Crippen LogP contribution >= 0.6 is 0 Å². The van der Waals surface area contributed by atoms with E-state index in [9.17, 15) is 4.79 Å². The van der Waals surface area contributed by atoms with E-state index in [2.05, 4.69) is 35.5 Å². The number of aryl methyl sites for hydroxylation is 1. The number of fused-ring (bicyclic) bond motifs is 1. The first-order valence-corrected chi connectivity index (χ1v) is 11.6. The summed E-state index contributed by atoms with van der Waals surface area (Å²) in [5.41, 5.74) is 2.57. The number of H-pyrrole nitrogens is 1. The van der Waals surface area contributed by atoms with Gasteiger partial charge in [-0.3, -0.25) is 4.79 Å². The number of amides is 1. The van der Waals surface area contributed by atoms with E-state index in [1.54, 1.807) is 32.4 Å². The van der Waals surface area contributed by atoms with Crippen molar-refractivity contribution in [2.75, 3.05) is 50.5 Å². The van der Waals surface area contributed by atoms with E-state index in [-0.39, 0.29) is 23.0 Å². The van der Waals surface area contributed by atoms with Crippen molar-refractivity contribution in [3.05, 3.63) is 59.9 Å². The molecular weight excluding hydrogens is 463 g/mol. The molecule has 3 aromatic heterocycles. The SMILES string of the molecule is Cc1cc2c(F)c(Oc3ncnc(Nc4ccc(N5CCNCC5)cn4)c3C(=O)N(C)C)ccc2[nH]1. The Bertz CT molecular complexity index is 1400. The average molecular weight is 491 g/mol. The topological polar surface area (TPSA) is 111 Å². The summed E-state index contributed by atoms with van der Waals surface area (Å²) in [4.78, 5) is 32.8. The Morgan fingerprint density at radius 3 is 2.67 bits per heavy atom. The van der Waals surface area contributed by atoms with Crippen LogP contribution in [0.4, 0.5) is 21.7 Å². The van der Waals surface area contributed by atoms with Crippen LogP contribution in [0.2, 0.25) is 0 Å². The minimum atomic E-state index is -0.543. The maximum absolute atomic E-state index is 15.2. The average Bonchev–Trinajstić information content (AvgIpc) is 3.28. The zero-order chi connectivity index (χ0) is 25.2. The van der Waals surface area contributed by atoms with Gasteiger partial charge in [0, 0.05) is 56.9 Å². The molecule has 1 aliphatic heterocycles. The molecule has 5 rings (SSSR count). The van der Waals surface area contributed by atoms with E-state index < -0.39 is 11.7 Å². The number of piperazine rings is 1. The van der Waals surface area contributed by atoms with Gasteiger partial charge in [-0.1, -0.05) is 0 Å². The molecule has 4 heterocycles. The van der Waals surface area contributed by atoms with E-state index in [0.29, 0.717) is 16.7 Å². The lowest BCUT2D eigenvalue weighted by molar-refractivity contribution is 0.0825. The van der Waals surface area contributed by atoms with Crippen LogP contribution in [-0.4, -0.2) is 71.0 Å². The molecule has 0 bridgehead atoms. The Morgan fingerprint density at radius 2 is 1.94 bits per heavy atom. The summed E-state index contributed by atoms with van der Waals surface area (Å²) < 4.78 is 21.0. The molecule has 10 nitrogen and oxygen atoms in total. The van der Waals surface area contributed by atoms with Crippen LogP contribution in [0.25, 0.3) is 10.9 Å². The summed E-state index contributed by atoms with van der Waals surface area (Å²) >= 11 is 0. The first-order valence-electron chi connectivity index (χ1n) is 11.6. The Balaban J connectivity index is 1.46. The molecule has 1 aliphatic rings. The van der Waals surface area contributed by atoms with E-state index in [1.807, 2.05) is 19.1 Å². The first-order chi connectivity index (χ1) is 17.4. The predicted octanol–water partition coefficient (Wildman–Crippen LogP) is 3.45. The molecule has 0 unspecified atom stereocenters. The van der Waals surface area contributed by atoms with Crippen molar-refractivity contribution >= 4 is 34.1 Å². The highest BCUT2D eigenvalue weighted by Crippen LogP contribution is 2.33. The summed E-state index contributed by atoms with van der Waals surface area (Å²) in [6.45, 7) is 5.52. The van der Waals surface area contributed by atoms with E-state index in [0.717, 1.165) is 37.6 Å². The van der Waals surface area contributed by atoms with Crippen LogP contribution in [0.3, 0.4) is 0 Å². The van der Waals surface area contributed by atoms with Crippen molar-refractivity contribution in [1.29, 1.82) is 0 Å². The fraction of sp³-hybridized carbons (Fsp3) is 0.280. The molecule has 0 saturated carbocycles. The molecule has 0 spiro atoms. The van der Waals surface area contributed by atoms with E-state index in [1.165, 1.54) is 17.3 Å². The van der Waals surface area contributed by atoms with Crippen molar-refractivity contribution in [3.63, 3.8) is 0 Å². The fourth-order valence-electron chi connectivity index (χ4n) is 4.12. The Hall–Kier alpha value is -4.25. The summed E-state index contributed by atoms with van der Waals surface area (Å²) in [5.74, 6) is -0.337. The molecule has 36 heavy (non-hydrogen) atoms. The highest BCUT2D eigenvalue weighted by Gasteiger charge is 2.24. The molecule has 0 atom stereocenters. The van der Waals surface area contributed by atoms with Crippen molar-refractivity contribution in [3.8, 4) is 11.6 Å². The summed E-state index contributed by atoms with van der Waals surface area (Å²) in [6.07, 6.45) is 3.04. The standard InChI is InChI=1S/C25H27FN8O2/c1-15-12-17-18(31-15)5-6-19(22(17)26)36-24-21(25(35)33(2)3)23(29-14-30-24)32-20-7-4-16(13-28-20)34-10-8-27-9-11-34/h4-7,12-14,27,31H,8-11H2,1-3H3,(H,28,29,30,32). The number of halogens is 1. The highest BCUT2D eigenvalue weighted by atomic mass is 19.1. The van der Waals surface area contributed by atoms with Gasteiger partial charge in [-0.25, -0.2) is 19.3 Å². The lowest BCUT2D eigenvalue weighted by atomic mass is 10.2. The van der Waals surface area contributed by atoms with Gasteiger partial charge in [-0.15, -0.1) is 0 Å². The number of rotatable bonds is 6. The number of ether oxygens (including phenoxy) is 1. The molecule has 0 aliphatic carbocycles. The van der Waals surface area contributed by atoms with Gasteiger partial charge in [0.2, 0.25) is 5.88 Å². The predicted molar refractivity (Wildman–Crippen MR) is 136 cm³/mol. The monoisotopic (exact) mass is 490 g/mol. The van der Waals surface area contributed by atoms with Gasteiger partial charge in [0.15, 0.2) is 17.4 Å². The maximum atomic E-state index is 15.2. The van der Waals surface area contributed by atoms with Crippen molar-refractivity contribution in [1.82, 2.24) is 30.2 Å². The maximum Gasteiger partial charge on any atom is 0.262 e. The van der Waals surface area contributed by atoms with Gasteiger partial charge >= 0.3 is 0 Å². The van der Waals surface area contributed by atoms with E-state index in [4.69, 9.17) is 4.74 Å². The van der Waals surface area contributed by atoms with Gasteiger partial charge in [0.25, 0.3) is 5.91 Å². The number of hydrogen-bond acceptors (Lipinski definition) is 8. The van der Waals surface area contributed by atoms with E-state index >= 15 is 4.39 Å². The van der Waals surface area contributed by atoms with Crippen LogP contribution < -0.4 is 20.3 Å². The first kappa shape index (κ1) is 23.5. The van der Waals surface area contributed by atoms with Crippen LogP contribution in [0, 0.1) is 12.7 Å². The number of nitrogens with one attached hydrogen (secondary N) is 3. The molecule has 3 N–H and O–H groups in total.